The van der Waals surface area contributed by atoms with Crippen molar-refractivity contribution in [2.45, 2.75) is 26.2 Å². The number of ether oxygens (including phenoxy) is 1. The van der Waals surface area contributed by atoms with Gasteiger partial charge in [0.25, 0.3) is 0 Å². The molecular formula is C13H26N2O3. The number of amides is 1. The minimum Gasteiger partial charge on any atom is -0.396 e. The normalized spacial score (nSPS) is 20.4. The zero-order chi connectivity index (χ0) is 13.4. The number of methoxy groups -OCH3 is 1. The van der Waals surface area contributed by atoms with Crippen LogP contribution in [0.1, 0.15) is 26.2 Å². The average Bonchev–Trinajstić information content (AvgIpc) is 2.38. The standard InChI is InChI=1S/C13H26N2O3/c1-11(3-8-16)9-15-12(17)13(10-18-2)4-6-14-7-5-13/h11,14,16H,3-10H2,1-2H3,(H,15,17). The first-order valence-electron chi connectivity index (χ1n) is 6.73. The number of carbonyl (C=O) groups is 1. The Kier molecular flexibility index (Phi) is 6.60. The Bertz CT molecular complexity index is 247. The van der Waals surface area contributed by atoms with Crippen LogP contribution < -0.4 is 10.6 Å². The summed E-state index contributed by atoms with van der Waals surface area (Å²) < 4.78 is 5.23. The molecule has 0 radical (unpaired) electrons. The van der Waals surface area contributed by atoms with Crippen LogP contribution in [0.4, 0.5) is 0 Å². The molecule has 106 valence electrons. The number of nitrogens with one attached hydrogen (secondary N) is 2. The van der Waals surface area contributed by atoms with Gasteiger partial charge in [0.2, 0.25) is 5.91 Å². The molecule has 1 amide bonds. The van der Waals surface area contributed by atoms with E-state index in [4.69, 9.17) is 9.84 Å². The molecular weight excluding hydrogens is 232 g/mol. The van der Waals surface area contributed by atoms with E-state index >= 15 is 0 Å². The fraction of sp³-hybridized carbons (Fsp3) is 0.923. The molecule has 3 N–H and O–H groups in total. The summed E-state index contributed by atoms with van der Waals surface area (Å²) in [6.07, 6.45) is 2.36. The Morgan fingerprint density at radius 2 is 2.17 bits per heavy atom. The molecule has 1 atom stereocenters. The van der Waals surface area contributed by atoms with Crippen LogP contribution in [0, 0.1) is 11.3 Å². The van der Waals surface area contributed by atoms with Gasteiger partial charge in [0.1, 0.15) is 0 Å². The van der Waals surface area contributed by atoms with Gasteiger partial charge in [0, 0.05) is 20.3 Å². The number of carbonyl (C=O) groups excluding carboxylic acids is 1. The van der Waals surface area contributed by atoms with Gasteiger partial charge in [0.15, 0.2) is 0 Å². The second kappa shape index (κ2) is 7.71. The van der Waals surface area contributed by atoms with Gasteiger partial charge >= 0.3 is 0 Å². The molecule has 1 heterocycles. The molecule has 18 heavy (non-hydrogen) atoms. The quantitative estimate of drug-likeness (QED) is 0.607. The molecule has 1 fully saturated rings. The largest absolute Gasteiger partial charge is 0.396 e. The van der Waals surface area contributed by atoms with Gasteiger partial charge in [-0.15, -0.1) is 0 Å². The van der Waals surface area contributed by atoms with Crippen molar-refractivity contribution in [1.82, 2.24) is 10.6 Å². The van der Waals surface area contributed by atoms with Gasteiger partial charge in [0.05, 0.1) is 12.0 Å². The number of aliphatic hydroxyl groups excluding tert-OH is 1. The Balaban J connectivity index is 2.49. The van der Waals surface area contributed by atoms with Crippen molar-refractivity contribution in [2.24, 2.45) is 11.3 Å². The van der Waals surface area contributed by atoms with Crippen LogP contribution in [-0.2, 0) is 9.53 Å². The molecule has 5 nitrogen and oxygen atoms in total. The lowest BCUT2D eigenvalue weighted by Gasteiger charge is -2.35. The lowest BCUT2D eigenvalue weighted by atomic mass is 9.78. The lowest BCUT2D eigenvalue weighted by Crippen LogP contribution is -2.50. The van der Waals surface area contributed by atoms with Crippen LogP contribution in [0.15, 0.2) is 0 Å². The molecule has 0 aromatic heterocycles. The summed E-state index contributed by atoms with van der Waals surface area (Å²) in [6, 6.07) is 0. The molecule has 0 aliphatic carbocycles. The first kappa shape index (κ1) is 15.4. The Hall–Kier alpha value is -0.650. The van der Waals surface area contributed by atoms with Crippen molar-refractivity contribution >= 4 is 5.91 Å². The van der Waals surface area contributed by atoms with Crippen LogP contribution >= 0.6 is 0 Å². The molecule has 0 aromatic rings. The van der Waals surface area contributed by atoms with Crippen molar-refractivity contribution < 1.29 is 14.6 Å². The highest BCUT2D eigenvalue weighted by Crippen LogP contribution is 2.29. The molecule has 0 aromatic carbocycles. The third-order valence-corrected chi connectivity index (χ3v) is 3.70. The van der Waals surface area contributed by atoms with E-state index in [0.717, 1.165) is 32.4 Å². The summed E-state index contributed by atoms with van der Waals surface area (Å²) in [5.41, 5.74) is -0.376. The second-order valence-electron chi connectivity index (χ2n) is 5.29. The molecule has 1 aliphatic heterocycles. The Morgan fingerprint density at radius 3 is 2.72 bits per heavy atom. The maximum Gasteiger partial charge on any atom is 0.228 e. The molecule has 1 aliphatic rings. The topological polar surface area (TPSA) is 70.6 Å². The summed E-state index contributed by atoms with van der Waals surface area (Å²) in [7, 11) is 1.64. The van der Waals surface area contributed by atoms with Crippen LogP contribution in [0.5, 0.6) is 0 Å². The van der Waals surface area contributed by atoms with Gasteiger partial charge in [-0.25, -0.2) is 0 Å². The van der Waals surface area contributed by atoms with E-state index in [2.05, 4.69) is 10.6 Å². The SMILES string of the molecule is COCC1(C(=O)NCC(C)CCO)CCNCC1. The fourth-order valence-corrected chi connectivity index (χ4v) is 2.40. The first-order valence-corrected chi connectivity index (χ1v) is 6.73. The Morgan fingerprint density at radius 1 is 1.50 bits per heavy atom. The van der Waals surface area contributed by atoms with Crippen LogP contribution in [0.2, 0.25) is 0 Å². The first-order chi connectivity index (χ1) is 8.64. The van der Waals surface area contributed by atoms with Crippen molar-refractivity contribution in [1.29, 1.82) is 0 Å². The van der Waals surface area contributed by atoms with E-state index in [-0.39, 0.29) is 17.9 Å². The minimum atomic E-state index is -0.376. The third-order valence-electron chi connectivity index (χ3n) is 3.70. The number of hydrogen-bond donors (Lipinski definition) is 3. The molecule has 5 heteroatoms. The maximum atomic E-state index is 12.3. The van der Waals surface area contributed by atoms with E-state index in [0.29, 0.717) is 19.1 Å². The van der Waals surface area contributed by atoms with Crippen LogP contribution in [-0.4, -0.2) is 51.0 Å². The van der Waals surface area contributed by atoms with Crippen LogP contribution in [0.3, 0.4) is 0 Å². The number of hydrogen-bond acceptors (Lipinski definition) is 4. The van der Waals surface area contributed by atoms with Gasteiger partial charge in [-0.3, -0.25) is 4.79 Å². The molecule has 1 rings (SSSR count). The van der Waals surface area contributed by atoms with Gasteiger partial charge in [-0.2, -0.15) is 0 Å². The monoisotopic (exact) mass is 258 g/mol. The fourth-order valence-electron chi connectivity index (χ4n) is 2.40. The van der Waals surface area contributed by atoms with Crippen molar-refractivity contribution in [3.63, 3.8) is 0 Å². The molecule has 1 saturated heterocycles. The van der Waals surface area contributed by atoms with Gasteiger partial charge in [-0.1, -0.05) is 6.92 Å². The average molecular weight is 258 g/mol. The maximum absolute atomic E-state index is 12.3. The highest BCUT2D eigenvalue weighted by atomic mass is 16.5. The zero-order valence-electron chi connectivity index (χ0n) is 11.5. The van der Waals surface area contributed by atoms with E-state index in [1.54, 1.807) is 7.11 Å². The summed E-state index contributed by atoms with van der Waals surface area (Å²) in [4.78, 5) is 12.3. The summed E-state index contributed by atoms with van der Waals surface area (Å²) in [6.45, 7) is 5.03. The van der Waals surface area contributed by atoms with E-state index in [1.807, 2.05) is 6.92 Å². The van der Waals surface area contributed by atoms with E-state index < -0.39 is 0 Å². The number of rotatable bonds is 7. The molecule has 1 unspecified atom stereocenters. The van der Waals surface area contributed by atoms with Crippen molar-refractivity contribution in [3.8, 4) is 0 Å². The molecule has 0 spiro atoms. The van der Waals surface area contributed by atoms with E-state index in [9.17, 15) is 4.79 Å². The van der Waals surface area contributed by atoms with Crippen molar-refractivity contribution in [2.75, 3.05) is 40.0 Å². The number of piperidine rings is 1. The Labute approximate surface area is 109 Å². The van der Waals surface area contributed by atoms with Crippen molar-refractivity contribution in [3.05, 3.63) is 0 Å². The predicted octanol–water partition coefficient (Wildman–Crippen LogP) is 0.137. The summed E-state index contributed by atoms with van der Waals surface area (Å²) >= 11 is 0. The smallest absolute Gasteiger partial charge is 0.228 e. The summed E-state index contributed by atoms with van der Waals surface area (Å²) in [5, 5.41) is 15.1. The highest BCUT2D eigenvalue weighted by Gasteiger charge is 2.39. The van der Waals surface area contributed by atoms with Gasteiger partial charge in [-0.05, 0) is 38.3 Å². The van der Waals surface area contributed by atoms with Gasteiger partial charge < -0.3 is 20.5 Å². The minimum absolute atomic E-state index is 0.0932. The van der Waals surface area contributed by atoms with E-state index in [1.165, 1.54) is 0 Å². The number of aliphatic hydroxyl groups is 1. The second-order valence-corrected chi connectivity index (χ2v) is 5.29. The third kappa shape index (κ3) is 4.23. The highest BCUT2D eigenvalue weighted by molar-refractivity contribution is 5.83. The predicted molar refractivity (Wildman–Crippen MR) is 70.3 cm³/mol. The molecule has 0 bridgehead atoms. The lowest BCUT2D eigenvalue weighted by molar-refractivity contribution is -0.136. The zero-order valence-corrected chi connectivity index (χ0v) is 11.5. The summed E-state index contributed by atoms with van der Waals surface area (Å²) in [5.74, 6) is 0.399. The van der Waals surface area contributed by atoms with Crippen LogP contribution in [0.25, 0.3) is 0 Å². The molecule has 0 saturated carbocycles.